The van der Waals surface area contributed by atoms with Gasteiger partial charge < -0.3 is 19.6 Å². The van der Waals surface area contributed by atoms with E-state index in [0.717, 1.165) is 24.4 Å². The quantitative estimate of drug-likeness (QED) is 0.815. The second-order valence-corrected chi connectivity index (χ2v) is 5.44. The second-order valence-electron chi connectivity index (χ2n) is 5.44. The molecule has 1 fully saturated rings. The van der Waals surface area contributed by atoms with E-state index < -0.39 is 0 Å². The van der Waals surface area contributed by atoms with Crippen LogP contribution in [-0.4, -0.2) is 24.9 Å². The molecule has 0 saturated heterocycles. The van der Waals surface area contributed by atoms with Crippen LogP contribution < -0.4 is 5.32 Å². The highest BCUT2D eigenvalue weighted by molar-refractivity contribution is 5.07. The first-order valence-corrected chi connectivity index (χ1v) is 6.59. The molecule has 0 bridgehead atoms. The second kappa shape index (κ2) is 5.87. The fraction of sp³-hybridized carbons (Fsp3) is 0.714. The monoisotopic (exact) mass is 253 g/mol. The third kappa shape index (κ3) is 2.94. The molecule has 0 aromatic carbocycles. The fourth-order valence-corrected chi connectivity index (χ4v) is 2.73. The van der Waals surface area contributed by atoms with E-state index in [4.69, 9.17) is 9.15 Å². The summed E-state index contributed by atoms with van der Waals surface area (Å²) in [6.07, 6.45) is 3.40. The highest BCUT2D eigenvalue weighted by atomic mass is 16.5. The van der Waals surface area contributed by atoms with E-state index in [1.165, 1.54) is 6.42 Å². The Kier molecular flexibility index (Phi) is 4.43. The number of rotatable bonds is 6. The van der Waals surface area contributed by atoms with Crippen molar-refractivity contribution < 1.29 is 14.3 Å². The molecule has 4 nitrogen and oxygen atoms in total. The number of hydrogen-bond acceptors (Lipinski definition) is 4. The molecule has 1 aromatic rings. The first-order valence-electron chi connectivity index (χ1n) is 6.59. The van der Waals surface area contributed by atoms with Crippen LogP contribution in [0.3, 0.4) is 0 Å². The lowest BCUT2D eigenvalue weighted by Gasteiger charge is -2.30. The van der Waals surface area contributed by atoms with Crippen molar-refractivity contribution in [3.05, 3.63) is 23.7 Å². The minimum atomic E-state index is 0.0158. The summed E-state index contributed by atoms with van der Waals surface area (Å²) in [5.41, 5.74) is 0.0158. The van der Waals surface area contributed by atoms with Crippen molar-refractivity contribution >= 4 is 0 Å². The third-order valence-electron chi connectivity index (χ3n) is 3.97. The average molecular weight is 253 g/mol. The van der Waals surface area contributed by atoms with Gasteiger partial charge in [-0.1, -0.05) is 13.3 Å². The summed E-state index contributed by atoms with van der Waals surface area (Å²) in [7, 11) is 1.66. The number of aliphatic hydroxyl groups excluding tert-OH is 1. The molecule has 1 aliphatic rings. The highest BCUT2D eigenvalue weighted by Gasteiger charge is 2.37. The van der Waals surface area contributed by atoms with Crippen LogP contribution in [0.4, 0.5) is 0 Å². The molecule has 18 heavy (non-hydrogen) atoms. The average Bonchev–Trinajstić information content (AvgIpc) is 2.95. The van der Waals surface area contributed by atoms with Crippen LogP contribution in [0.25, 0.3) is 0 Å². The number of methoxy groups -OCH3 is 1. The van der Waals surface area contributed by atoms with Crippen molar-refractivity contribution in [2.75, 3.05) is 13.7 Å². The Morgan fingerprint density at radius 1 is 1.50 bits per heavy atom. The van der Waals surface area contributed by atoms with Crippen molar-refractivity contribution in [1.29, 1.82) is 0 Å². The maximum atomic E-state index is 9.49. The first kappa shape index (κ1) is 13.6. The molecule has 2 rings (SSSR count). The normalized spacial score (nSPS) is 27.8. The van der Waals surface area contributed by atoms with Crippen LogP contribution in [0.5, 0.6) is 0 Å². The van der Waals surface area contributed by atoms with Gasteiger partial charge in [-0.25, -0.2) is 0 Å². The molecule has 2 unspecified atom stereocenters. The molecule has 4 heteroatoms. The van der Waals surface area contributed by atoms with E-state index in [-0.39, 0.29) is 12.0 Å². The van der Waals surface area contributed by atoms with Crippen LogP contribution in [0, 0.1) is 5.41 Å². The van der Waals surface area contributed by atoms with Crippen molar-refractivity contribution in [3.8, 4) is 0 Å². The Balaban J connectivity index is 1.87. The van der Waals surface area contributed by atoms with Gasteiger partial charge in [0.15, 0.2) is 0 Å². The van der Waals surface area contributed by atoms with E-state index >= 15 is 0 Å². The Morgan fingerprint density at radius 2 is 2.28 bits per heavy atom. The minimum absolute atomic E-state index is 0.0158. The summed E-state index contributed by atoms with van der Waals surface area (Å²) in [4.78, 5) is 0. The van der Waals surface area contributed by atoms with E-state index in [9.17, 15) is 5.11 Å². The number of aliphatic hydroxyl groups is 1. The van der Waals surface area contributed by atoms with Gasteiger partial charge in [0.2, 0.25) is 0 Å². The highest BCUT2D eigenvalue weighted by Crippen LogP contribution is 2.37. The summed E-state index contributed by atoms with van der Waals surface area (Å²) < 4.78 is 10.7. The van der Waals surface area contributed by atoms with Gasteiger partial charge >= 0.3 is 0 Å². The van der Waals surface area contributed by atoms with Gasteiger partial charge in [-0.3, -0.25) is 0 Å². The number of nitrogens with one attached hydrogen (secondary N) is 1. The zero-order chi connectivity index (χ0) is 13.0. The molecule has 1 heterocycles. The summed E-state index contributed by atoms with van der Waals surface area (Å²) in [6.45, 7) is 3.62. The van der Waals surface area contributed by atoms with Crippen molar-refractivity contribution in [3.63, 3.8) is 0 Å². The van der Waals surface area contributed by atoms with Crippen LogP contribution in [0.1, 0.15) is 37.7 Å². The maximum absolute atomic E-state index is 9.49. The smallest absolute Gasteiger partial charge is 0.129 e. The molecular formula is C14H23NO3. The van der Waals surface area contributed by atoms with Crippen LogP contribution in [-0.2, 0) is 17.9 Å². The van der Waals surface area contributed by atoms with Crippen LogP contribution >= 0.6 is 0 Å². The van der Waals surface area contributed by atoms with E-state index in [1.807, 2.05) is 12.1 Å². The van der Waals surface area contributed by atoms with E-state index in [0.29, 0.717) is 19.2 Å². The van der Waals surface area contributed by atoms with Gasteiger partial charge in [0.25, 0.3) is 0 Å². The zero-order valence-electron chi connectivity index (χ0n) is 11.2. The number of hydrogen-bond donors (Lipinski definition) is 2. The van der Waals surface area contributed by atoms with Gasteiger partial charge in [0.05, 0.1) is 6.54 Å². The van der Waals surface area contributed by atoms with Crippen molar-refractivity contribution in [2.24, 2.45) is 5.41 Å². The largest absolute Gasteiger partial charge is 0.462 e. The molecule has 1 aliphatic carbocycles. The van der Waals surface area contributed by atoms with Crippen LogP contribution in [0.15, 0.2) is 16.5 Å². The van der Waals surface area contributed by atoms with Gasteiger partial charge in [-0.05, 0) is 25.0 Å². The number of furan rings is 1. The lowest BCUT2D eigenvalue weighted by molar-refractivity contribution is 0.117. The van der Waals surface area contributed by atoms with Gasteiger partial charge in [-0.2, -0.15) is 0 Å². The molecule has 0 amide bonds. The topological polar surface area (TPSA) is 54.6 Å². The zero-order valence-corrected chi connectivity index (χ0v) is 11.2. The van der Waals surface area contributed by atoms with E-state index in [2.05, 4.69) is 12.2 Å². The molecule has 1 aromatic heterocycles. The van der Waals surface area contributed by atoms with Crippen LogP contribution in [0.2, 0.25) is 0 Å². The predicted octanol–water partition coefficient (Wildman–Crippen LogP) is 2.07. The Hall–Kier alpha value is -0.840. The summed E-state index contributed by atoms with van der Waals surface area (Å²) in [6, 6.07) is 4.30. The van der Waals surface area contributed by atoms with Crippen molar-refractivity contribution in [2.45, 2.75) is 45.4 Å². The van der Waals surface area contributed by atoms with Gasteiger partial charge in [-0.15, -0.1) is 0 Å². The summed E-state index contributed by atoms with van der Waals surface area (Å²) in [5, 5.41) is 13.0. The Morgan fingerprint density at radius 3 is 3.00 bits per heavy atom. The predicted molar refractivity (Wildman–Crippen MR) is 69.1 cm³/mol. The van der Waals surface area contributed by atoms with Gasteiger partial charge in [0, 0.05) is 25.2 Å². The SMILES string of the molecule is COCc1ccc(CNC2CCCC2(C)CO)o1. The third-order valence-corrected chi connectivity index (χ3v) is 3.97. The van der Waals surface area contributed by atoms with E-state index in [1.54, 1.807) is 7.11 Å². The van der Waals surface area contributed by atoms with Crippen molar-refractivity contribution in [1.82, 2.24) is 5.32 Å². The molecule has 2 N–H and O–H groups in total. The standard InChI is InChI=1S/C14H23NO3/c1-14(10-16)7-3-4-13(14)15-8-11-5-6-12(18-11)9-17-2/h5-6,13,15-16H,3-4,7-10H2,1-2H3. The summed E-state index contributed by atoms with van der Waals surface area (Å²) >= 11 is 0. The number of ether oxygens (including phenoxy) is 1. The fourth-order valence-electron chi connectivity index (χ4n) is 2.73. The lowest BCUT2D eigenvalue weighted by atomic mass is 9.86. The lowest BCUT2D eigenvalue weighted by Crippen LogP contribution is -2.41. The molecule has 2 atom stereocenters. The minimum Gasteiger partial charge on any atom is -0.462 e. The Bertz CT molecular complexity index is 377. The molecule has 0 aliphatic heterocycles. The first-order chi connectivity index (χ1) is 8.68. The molecule has 102 valence electrons. The molecule has 0 radical (unpaired) electrons. The summed E-state index contributed by atoms with van der Waals surface area (Å²) in [5.74, 6) is 1.78. The molecule has 0 spiro atoms. The maximum Gasteiger partial charge on any atom is 0.129 e. The van der Waals surface area contributed by atoms with Gasteiger partial charge in [0.1, 0.15) is 18.1 Å². The molecule has 1 saturated carbocycles. The Labute approximate surface area is 108 Å². The molecular weight excluding hydrogens is 230 g/mol.